The first kappa shape index (κ1) is 16.4. The third-order valence-corrected chi connectivity index (χ3v) is 2.51. The Bertz CT molecular complexity index is 200. The van der Waals surface area contributed by atoms with Crippen LogP contribution in [0.15, 0.2) is 0 Å². The van der Waals surface area contributed by atoms with Gasteiger partial charge < -0.3 is 19.7 Å². The van der Waals surface area contributed by atoms with Crippen molar-refractivity contribution in [2.75, 3.05) is 47.5 Å². The minimum atomic E-state index is -0.243. The maximum atomic E-state index is 11.5. The summed E-state index contributed by atoms with van der Waals surface area (Å²) in [4.78, 5) is 13.7. The van der Waals surface area contributed by atoms with E-state index in [9.17, 15) is 4.79 Å². The standard InChI is InChI=1S/C12H26N2O3/c1-5-7-13-11(12(15)17-4)10-14(2)8-6-9-16-3/h11,13H,5-10H2,1-4H3. The molecule has 0 aromatic rings. The summed E-state index contributed by atoms with van der Waals surface area (Å²) in [6.07, 6.45) is 1.97. The Morgan fingerprint density at radius 1 is 1.41 bits per heavy atom. The number of rotatable bonds is 10. The summed E-state index contributed by atoms with van der Waals surface area (Å²) in [5.41, 5.74) is 0. The van der Waals surface area contributed by atoms with Crippen molar-refractivity contribution < 1.29 is 14.3 Å². The predicted molar refractivity (Wildman–Crippen MR) is 68.1 cm³/mol. The first-order valence-corrected chi connectivity index (χ1v) is 6.14. The van der Waals surface area contributed by atoms with Crippen LogP contribution >= 0.6 is 0 Å². The van der Waals surface area contributed by atoms with Crippen molar-refractivity contribution in [3.63, 3.8) is 0 Å². The zero-order valence-electron chi connectivity index (χ0n) is 11.5. The summed E-state index contributed by atoms with van der Waals surface area (Å²) in [5.74, 6) is -0.197. The maximum absolute atomic E-state index is 11.5. The summed E-state index contributed by atoms with van der Waals surface area (Å²) in [6.45, 7) is 5.22. The number of methoxy groups -OCH3 is 2. The van der Waals surface area contributed by atoms with Gasteiger partial charge in [-0.15, -0.1) is 0 Å². The molecule has 0 amide bonds. The van der Waals surface area contributed by atoms with Crippen molar-refractivity contribution in [2.45, 2.75) is 25.8 Å². The first-order valence-electron chi connectivity index (χ1n) is 6.14. The maximum Gasteiger partial charge on any atom is 0.324 e. The molecule has 0 aliphatic carbocycles. The molecule has 1 unspecified atom stereocenters. The second-order valence-corrected chi connectivity index (χ2v) is 4.14. The predicted octanol–water partition coefficient (Wildman–Crippen LogP) is 0.496. The molecule has 5 nitrogen and oxygen atoms in total. The number of ether oxygens (including phenoxy) is 2. The number of nitrogens with zero attached hydrogens (tertiary/aromatic N) is 1. The third kappa shape index (κ3) is 8.12. The highest BCUT2D eigenvalue weighted by atomic mass is 16.5. The molecule has 0 bridgehead atoms. The number of hydrogen-bond acceptors (Lipinski definition) is 5. The number of likely N-dealkylation sites (N-methyl/N-ethyl adjacent to an activating group) is 1. The van der Waals surface area contributed by atoms with E-state index in [2.05, 4.69) is 17.1 Å². The lowest BCUT2D eigenvalue weighted by molar-refractivity contribution is -0.143. The summed E-state index contributed by atoms with van der Waals surface area (Å²) < 4.78 is 9.78. The fraction of sp³-hybridized carbons (Fsp3) is 0.917. The van der Waals surface area contributed by atoms with Crippen LogP contribution in [0.5, 0.6) is 0 Å². The Balaban J connectivity index is 3.98. The van der Waals surface area contributed by atoms with Crippen LogP contribution in [0, 0.1) is 0 Å². The average molecular weight is 246 g/mol. The topological polar surface area (TPSA) is 50.8 Å². The van der Waals surface area contributed by atoms with Crippen LogP contribution in [-0.2, 0) is 14.3 Å². The van der Waals surface area contributed by atoms with Gasteiger partial charge >= 0.3 is 5.97 Å². The highest BCUT2D eigenvalue weighted by Gasteiger charge is 2.19. The molecule has 0 aliphatic rings. The molecule has 102 valence electrons. The Labute approximate surface area is 104 Å². The molecule has 0 fully saturated rings. The van der Waals surface area contributed by atoms with Crippen molar-refractivity contribution in [2.24, 2.45) is 0 Å². The van der Waals surface area contributed by atoms with Crippen LogP contribution in [-0.4, -0.2) is 64.4 Å². The van der Waals surface area contributed by atoms with E-state index in [1.54, 1.807) is 7.11 Å². The second-order valence-electron chi connectivity index (χ2n) is 4.14. The minimum absolute atomic E-state index is 0.197. The van der Waals surface area contributed by atoms with Gasteiger partial charge in [0.15, 0.2) is 0 Å². The van der Waals surface area contributed by atoms with E-state index in [1.165, 1.54) is 7.11 Å². The monoisotopic (exact) mass is 246 g/mol. The highest BCUT2D eigenvalue weighted by molar-refractivity contribution is 5.75. The van der Waals surface area contributed by atoms with Crippen molar-refractivity contribution >= 4 is 5.97 Å². The van der Waals surface area contributed by atoms with E-state index >= 15 is 0 Å². The molecule has 0 aromatic carbocycles. The van der Waals surface area contributed by atoms with Gasteiger partial charge in [-0.2, -0.15) is 0 Å². The van der Waals surface area contributed by atoms with Crippen molar-refractivity contribution in [3.05, 3.63) is 0 Å². The number of hydrogen-bond donors (Lipinski definition) is 1. The largest absolute Gasteiger partial charge is 0.468 e. The lowest BCUT2D eigenvalue weighted by atomic mass is 10.2. The van der Waals surface area contributed by atoms with Gasteiger partial charge in [0, 0.05) is 26.8 Å². The third-order valence-electron chi connectivity index (χ3n) is 2.51. The Morgan fingerprint density at radius 2 is 2.12 bits per heavy atom. The molecule has 0 saturated carbocycles. The summed E-state index contributed by atoms with van der Waals surface area (Å²) in [7, 11) is 5.12. The summed E-state index contributed by atoms with van der Waals surface area (Å²) in [6, 6.07) is -0.243. The molecule has 5 heteroatoms. The molecule has 1 N–H and O–H groups in total. The fourth-order valence-corrected chi connectivity index (χ4v) is 1.57. The SMILES string of the molecule is CCCNC(CN(C)CCCOC)C(=O)OC. The fourth-order valence-electron chi connectivity index (χ4n) is 1.57. The molecule has 17 heavy (non-hydrogen) atoms. The van der Waals surface area contributed by atoms with Crippen LogP contribution in [0.3, 0.4) is 0 Å². The van der Waals surface area contributed by atoms with Crippen molar-refractivity contribution in [1.82, 2.24) is 10.2 Å². The van der Waals surface area contributed by atoms with E-state index in [-0.39, 0.29) is 12.0 Å². The van der Waals surface area contributed by atoms with Crippen LogP contribution in [0.1, 0.15) is 19.8 Å². The van der Waals surface area contributed by atoms with Crippen LogP contribution in [0.2, 0.25) is 0 Å². The van der Waals surface area contributed by atoms with E-state index in [0.717, 1.165) is 32.5 Å². The van der Waals surface area contributed by atoms with E-state index in [0.29, 0.717) is 6.54 Å². The molecule has 0 heterocycles. The molecule has 0 spiro atoms. The Hall–Kier alpha value is -0.650. The smallest absolute Gasteiger partial charge is 0.324 e. The lowest BCUT2D eigenvalue weighted by Crippen LogP contribution is -2.46. The molecular weight excluding hydrogens is 220 g/mol. The lowest BCUT2D eigenvalue weighted by Gasteiger charge is -2.23. The van der Waals surface area contributed by atoms with Gasteiger partial charge in [-0.25, -0.2) is 0 Å². The average Bonchev–Trinajstić information content (AvgIpc) is 2.33. The molecule has 0 radical (unpaired) electrons. The summed E-state index contributed by atoms with van der Waals surface area (Å²) in [5, 5.41) is 3.19. The highest BCUT2D eigenvalue weighted by Crippen LogP contribution is 1.95. The van der Waals surface area contributed by atoms with Gasteiger partial charge in [0.25, 0.3) is 0 Å². The Morgan fingerprint density at radius 3 is 2.65 bits per heavy atom. The molecule has 0 aliphatic heterocycles. The molecule has 0 aromatic heterocycles. The first-order chi connectivity index (χ1) is 8.15. The van der Waals surface area contributed by atoms with Crippen LogP contribution in [0.25, 0.3) is 0 Å². The summed E-state index contributed by atoms with van der Waals surface area (Å²) >= 11 is 0. The minimum Gasteiger partial charge on any atom is -0.468 e. The van der Waals surface area contributed by atoms with Gasteiger partial charge in [0.1, 0.15) is 6.04 Å². The number of carbonyl (C=O) groups is 1. The molecular formula is C12H26N2O3. The van der Waals surface area contributed by atoms with Crippen LogP contribution < -0.4 is 5.32 Å². The van der Waals surface area contributed by atoms with E-state index in [1.807, 2.05) is 7.05 Å². The van der Waals surface area contributed by atoms with Crippen LogP contribution in [0.4, 0.5) is 0 Å². The van der Waals surface area contributed by atoms with Gasteiger partial charge in [-0.3, -0.25) is 4.79 Å². The number of esters is 1. The van der Waals surface area contributed by atoms with Crippen molar-refractivity contribution in [3.8, 4) is 0 Å². The quantitative estimate of drug-likeness (QED) is 0.449. The molecule has 1 atom stereocenters. The van der Waals surface area contributed by atoms with E-state index in [4.69, 9.17) is 9.47 Å². The molecule has 0 saturated heterocycles. The Kier molecular flexibility index (Phi) is 10.1. The zero-order valence-corrected chi connectivity index (χ0v) is 11.5. The van der Waals surface area contributed by atoms with Gasteiger partial charge in [0.05, 0.1) is 7.11 Å². The van der Waals surface area contributed by atoms with Gasteiger partial charge in [0.2, 0.25) is 0 Å². The van der Waals surface area contributed by atoms with Gasteiger partial charge in [-0.1, -0.05) is 6.92 Å². The number of nitrogens with one attached hydrogen (secondary N) is 1. The zero-order chi connectivity index (χ0) is 13.1. The van der Waals surface area contributed by atoms with E-state index < -0.39 is 0 Å². The molecule has 0 rings (SSSR count). The number of carbonyl (C=O) groups excluding carboxylic acids is 1. The normalized spacial score (nSPS) is 12.8. The second kappa shape index (κ2) is 10.5. The van der Waals surface area contributed by atoms with Gasteiger partial charge in [-0.05, 0) is 26.4 Å². The van der Waals surface area contributed by atoms with Crippen molar-refractivity contribution in [1.29, 1.82) is 0 Å².